The zero-order valence-electron chi connectivity index (χ0n) is 8.77. The molecule has 1 N–H and O–H groups in total. The molecule has 0 radical (unpaired) electrons. The number of carbonyl (C=O) groups excluding carboxylic acids is 1. The summed E-state index contributed by atoms with van der Waals surface area (Å²) >= 11 is 10.2. The molecule has 1 aromatic carbocycles. The van der Waals surface area contributed by atoms with Crippen LogP contribution in [0.1, 0.15) is 23.7 Å². The van der Waals surface area contributed by atoms with E-state index in [1.54, 1.807) is 12.1 Å². The molecule has 16 heavy (non-hydrogen) atoms. The van der Waals surface area contributed by atoms with Crippen molar-refractivity contribution in [2.75, 3.05) is 6.54 Å². The van der Waals surface area contributed by atoms with Gasteiger partial charge in [0.05, 0.1) is 0 Å². The molecule has 1 aromatic rings. The lowest BCUT2D eigenvalue weighted by Crippen LogP contribution is -2.29. The smallest absolute Gasteiger partial charge is 0.251 e. The van der Waals surface area contributed by atoms with Gasteiger partial charge in [-0.1, -0.05) is 54.7 Å². The van der Waals surface area contributed by atoms with Gasteiger partial charge in [-0.3, -0.25) is 4.79 Å². The van der Waals surface area contributed by atoms with Gasteiger partial charge in [0.15, 0.2) is 0 Å². The van der Waals surface area contributed by atoms with E-state index in [9.17, 15) is 4.79 Å². The highest BCUT2D eigenvalue weighted by molar-refractivity contribution is 9.11. The molecule has 5 heteroatoms. The summed E-state index contributed by atoms with van der Waals surface area (Å²) in [5.74, 6) is -0.0556. The van der Waals surface area contributed by atoms with Crippen molar-refractivity contribution in [2.45, 2.75) is 18.2 Å². The predicted octanol–water partition coefficient (Wildman–Crippen LogP) is 4.11. The van der Waals surface area contributed by atoms with E-state index in [4.69, 9.17) is 0 Å². The lowest BCUT2D eigenvalue weighted by molar-refractivity contribution is 0.0953. The Morgan fingerprint density at radius 3 is 2.38 bits per heavy atom. The fourth-order valence-electron chi connectivity index (χ4n) is 1.13. The molecule has 88 valence electrons. The highest BCUT2D eigenvalue weighted by Crippen LogP contribution is 2.20. The Morgan fingerprint density at radius 1 is 1.31 bits per heavy atom. The van der Waals surface area contributed by atoms with Crippen molar-refractivity contribution >= 4 is 53.7 Å². The van der Waals surface area contributed by atoms with Gasteiger partial charge >= 0.3 is 0 Å². The van der Waals surface area contributed by atoms with Crippen molar-refractivity contribution in [3.05, 3.63) is 32.7 Å². The second-order valence-corrected chi connectivity index (χ2v) is 6.50. The molecular weight excluding hydrogens is 402 g/mol. The van der Waals surface area contributed by atoms with E-state index in [0.29, 0.717) is 16.9 Å². The molecule has 0 aromatic heterocycles. The van der Waals surface area contributed by atoms with Crippen molar-refractivity contribution in [3.8, 4) is 0 Å². The Hall–Kier alpha value is 0.130. The lowest BCUT2D eigenvalue weighted by Gasteiger charge is -2.09. The van der Waals surface area contributed by atoms with Gasteiger partial charge in [-0.2, -0.15) is 0 Å². The van der Waals surface area contributed by atoms with Gasteiger partial charge in [-0.05, 0) is 24.6 Å². The molecule has 1 atom stereocenters. The van der Waals surface area contributed by atoms with E-state index < -0.39 is 0 Å². The van der Waals surface area contributed by atoms with Crippen molar-refractivity contribution in [2.24, 2.45) is 0 Å². The molecule has 1 unspecified atom stereocenters. The second-order valence-electron chi connectivity index (χ2n) is 3.37. The monoisotopic (exact) mass is 411 g/mol. The first-order valence-electron chi connectivity index (χ1n) is 4.91. The van der Waals surface area contributed by atoms with Crippen LogP contribution in [0.4, 0.5) is 0 Å². The Bertz CT molecular complexity index is 361. The number of nitrogens with one attached hydrogen (secondary N) is 1. The first-order valence-corrected chi connectivity index (χ1v) is 7.41. The lowest BCUT2D eigenvalue weighted by atomic mass is 10.2. The molecular formula is C11H12Br3NO. The van der Waals surface area contributed by atoms with E-state index in [0.717, 1.165) is 15.4 Å². The molecule has 1 rings (SSSR count). The fourth-order valence-corrected chi connectivity index (χ4v) is 2.59. The first kappa shape index (κ1) is 14.2. The average molecular weight is 414 g/mol. The van der Waals surface area contributed by atoms with Crippen LogP contribution in [-0.4, -0.2) is 17.3 Å². The number of alkyl halides is 1. The Balaban J connectivity index is 2.66. The van der Waals surface area contributed by atoms with Crippen LogP contribution in [0.25, 0.3) is 0 Å². The topological polar surface area (TPSA) is 29.1 Å². The number of carbonyl (C=O) groups is 1. The molecule has 2 nitrogen and oxygen atoms in total. The molecule has 0 heterocycles. The zero-order valence-corrected chi connectivity index (χ0v) is 13.5. The normalized spacial score (nSPS) is 12.2. The third-order valence-electron chi connectivity index (χ3n) is 2.05. The number of hydrogen-bond acceptors (Lipinski definition) is 1. The van der Waals surface area contributed by atoms with Crippen molar-refractivity contribution in [1.29, 1.82) is 0 Å². The third-order valence-corrected chi connectivity index (χ3v) is 3.94. The summed E-state index contributed by atoms with van der Waals surface area (Å²) in [5.41, 5.74) is 0.650. The van der Waals surface area contributed by atoms with E-state index in [2.05, 4.69) is 60.0 Å². The average Bonchev–Trinajstić information content (AvgIpc) is 2.23. The van der Waals surface area contributed by atoms with Crippen LogP contribution >= 0.6 is 47.8 Å². The first-order chi connectivity index (χ1) is 7.52. The summed E-state index contributed by atoms with van der Waals surface area (Å²) in [6, 6.07) is 5.50. The minimum atomic E-state index is -0.0556. The molecule has 1 amide bonds. The van der Waals surface area contributed by atoms with Gasteiger partial charge in [-0.25, -0.2) is 0 Å². The molecule has 0 spiro atoms. The number of amides is 1. The summed E-state index contributed by atoms with van der Waals surface area (Å²) in [6.45, 7) is 2.71. The largest absolute Gasteiger partial charge is 0.351 e. The minimum Gasteiger partial charge on any atom is -0.351 e. The van der Waals surface area contributed by atoms with Crippen LogP contribution in [0.15, 0.2) is 27.1 Å². The molecule has 0 fully saturated rings. The van der Waals surface area contributed by atoms with Crippen LogP contribution in [0.2, 0.25) is 0 Å². The Morgan fingerprint density at radius 2 is 1.88 bits per heavy atom. The summed E-state index contributed by atoms with van der Waals surface area (Å²) in [4.78, 5) is 12.1. The number of benzene rings is 1. The van der Waals surface area contributed by atoms with E-state index in [-0.39, 0.29) is 5.91 Å². The number of rotatable bonds is 4. The van der Waals surface area contributed by atoms with E-state index >= 15 is 0 Å². The van der Waals surface area contributed by atoms with Crippen LogP contribution in [0.5, 0.6) is 0 Å². The molecule has 0 aliphatic heterocycles. The van der Waals surface area contributed by atoms with Gasteiger partial charge < -0.3 is 5.32 Å². The van der Waals surface area contributed by atoms with Gasteiger partial charge in [-0.15, -0.1) is 0 Å². The number of hydrogen-bond donors (Lipinski definition) is 1. The standard InChI is InChI=1S/C11H12Br3NO/c1-2-8(12)6-15-11(16)7-3-9(13)5-10(14)4-7/h3-5,8H,2,6H2,1H3,(H,15,16). The van der Waals surface area contributed by atoms with Crippen LogP contribution < -0.4 is 5.32 Å². The summed E-state index contributed by atoms with van der Waals surface area (Å²) in [7, 11) is 0. The Labute approximate surface area is 121 Å². The molecule has 0 saturated carbocycles. The van der Waals surface area contributed by atoms with E-state index in [1.807, 2.05) is 6.07 Å². The predicted molar refractivity (Wildman–Crippen MR) is 77.2 cm³/mol. The van der Waals surface area contributed by atoms with Crippen molar-refractivity contribution in [3.63, 3.8) is 0 Å². The zero-order chi connectivity index (χ0) is 12.1. The highest BCUT2D eigenvalue weighted by atomic mass is 79.9. The molecule has 0 bridgehead atoms. The van der Waals surface area contributed by atoms with Gasteiger partial charge in [0.2, 0.25) is 0 Å². The van der Waals surface area contributed by atoms with Crippen LogP contribution in [0.3, 0.4) is 0 Å². The molecule has 0 aliphatic rings. The van der Waals surface area contributed by atoms with E-state index in [1.165, 1.54) is 0 Å². The maximum absolute atomic E-state index is 11.8. The Kier molecular flexibility index (Phi) is 6.00. The van der Waals surface area contributed by atoms with Gasteiger partial charge in [0, 0.05) is 25.9 Å². The molecule has 0 aliphatic carbocycles. The summed E-state index contributed by atoms with van der Waals surface area (Å²) in [5, 5.41) is 2.88. The quantitative estimate of drug-likeness (QED) is 0.739. The van der Waals surface area contributed by atoms with Crippen LogP contribution in [0, 0.1) is 0 Å². The fraction of sp³-hybridized carbons (Fsp3) is 0.364. The van der Waals surface area contributed by atoms with Gasteiger partial charge in [0.25, 0.3) is 5.91 Å². The third kappa shape index (κ3) is 4.55. The van der Waals surface area contributed by atoms with Gasteiger partial charge in [0.1, 0.15) is 0 Å². The minimum absolute atomic E-state index is 0.0556. The highest BCUT2D eigenvalue weighted by Gasteiger charge is 2.09. The number of halogens is 3. The second kappa shape index (κ2) is 6.77. The molecule has 0 saturated heterocycles. The maximum Gasteiger partial charge on any atom is 0.251 e. The van der Waals surface area contributed by atoms with Crippen molar-refractivity contribution < 1.29 is 4.79 Å². The summed E-state index contributed by atoms with van der Waals surface area (Å²) < 4.78 is 1.77. The van der Waals surface area contributed by atoms with Crippen molar-refractivity contribution in [1.82, 2.24) is 5.32 Å². The summed E-state index contributed by atoms with van der Waals surface area (Å²) in [6.07, 6.45) is 0.989. The SMILES string of the molecule is CCC(Br)CNC(=O)c1cc(Br)cc(Br)c1. The maximum atomic E-state index is 11.8. The van der Waals surface area contributed by atoms with Crippen LogP contribution in [-0.2, 0) is 0 Å².